The Bertz CT molecular complexity index is 372. The van der Waals surface area contributed by atoms with E-state index in [4.69, 9.17) is 0 Å². The zero-order valence-electron chi connectivity index (χ0n) is 9.71. The van der Waals surface area contributed by atoms with E-state index in [1.807, 2.05) is 0 Å². The molecule has 1 atom stereocenters. The van der Waals surface area contributed by atoms with Crippen LogP contribution in [0.2, 0.25) is 0 Å². The molecule has 1 amide bonds. The number of hydrogen-bond donors (Lipinski definition) is 2. The first-order valence-corrected chi connectivity index (χ1v) is 5.98. The summed E-state index contributed by atoms with van der Waals surface area (Å²) in [6, 6.07) is 6.50. The summed E-state index contributed by atoms with van der Waals surface area (Å²) in [5, 5.41) is 6.13. The van der Waals surface area contributed by atoms with Crippen LogP contribution in [0.15, 0.2) is 24.3 Å². The predicted octanol–water partition coefficient (Wildman–Crippen LogP) is 1.58. The molecule has 1 heterocycles. The van der Waals surface area contributed by atoms with Crippen molar-refractivity contribution in [2.45, 2.75) is 31.8 Å². The molecule has 0 spiro atoms. The van der Waals surface area contributed by atoms with Crippen molar-refractivity contribution in [2.24, 2.45) is 0 Å². The van der Waals surface area contributed by atoms with Crippen LogP contribution < -0.4 is 10.6 Å². The lowest BCUT2D eigenvalue weighted by Gasteiger charge is -2.10. The van der Waals surface area contributed by atoms with Gasteiger partial charge in [0.15, 0.2) is 0 Å². The summed E-state index contributed by atoms with van der Waals surface area (Å²) in [7, 11) is 0. The molecule has 2 N–H and O–H groups in total. The average Bonchev–Trinajstić information content (AvgIpc) is 2.81. The summed E-state index contributed by atoms with van der Waals surface area (Å²) in [4.78, 5) is 11.6. The van der Waals surface area contributed by atoms with Crippen molar-refractivity contribution < 1.29 is 9.18 Å². The number of nitrogens with one attached hydrogen (secondary N) is 2. The van der Waals surface area contributed by atoms with Gasteiger partial charge in [0.25, 0.3) is 0 Å². The van der Waals surface area contributed by atoms with Crippen LogP contribution in [0.4, 0.5) is 4.39 Å². The highest BCUT2D eigenvalue weighted by Crippen LogP contribution is 2.08. The van der Waals surface area contributed by atoms with E-state index in [1.165, 1.54) is 12.1 Å². The molecule has 1 aromatic rings. The highest BCUT2D eigenvalue weighted by atomic mass is 19.1. The SMILES string of the molecule is O=C(CC1CCCN1)NCc1ccc(F)cc1. The van der Waals surface area contributed by atoms with E-state index >= 15 is 0 Å². The van der Waals surface area contributed by atoms with Crippen LogP contribution in [0, 0.1) is 5.82 Å². The van der Waals surface area contributed by atoms with E-state index in [9.17, 15) is 9.18 Å². The summed E-state index contributed by atoms with van der Waals surface area (Å²) in [6.07, 6.45) is 2.75. The van der Waals surface area contributed by atoms with Crippen molar-refractivity contribution >= 4 is 5.91 Å². The summed E-state index contributed by atoms with van der Waals surface area (Å²) in [5.74, 6) is -0.205. The Morgan fingerprint density at radius 3 is 2.82 bits per heavy atom. The van der Waals surface area contributed by atoms with E-state index < -0.39 is 0 Å². The van der Waals surface area contributed by atoms with Crippen LogP contribution >= 0.6 is 0 Å². The maximum absolute atomic E-state index is 12.7. The fourth-order valence-electron chi connectivity index (χ4n) is 2.03. The molecule has 1 saturated heterocycles. The minimum atomic E-state index is -0.254. The molecule has 92 valence electrons. The van der Waals surface area contributed by atoms with Crippen LogP contribution in [0.1, 0.15) is 24.8 Å². The predicted molar refractivity (Wildman–Crippen MR) is 63.9 cm³/mol. The minimum absolute atomic E-state index is 0.0497. The highest BCUT2D eigenvalue weighted by molar-refractivity contribution is 5.76. The molecule has 1 aliphatic heterocycles. The minimum Gasteiger partial charge on any atom is -0.352 e. The number of halogens is 1. The van der Waals surface area contributed by atoms with Gasteiger partial charge in [0.05, 0.1) is 0 Å². The highest BCUT2D eigenvalue weighted by Gasteiger charge is 2.17. The number of rotatable bonds is 4. The van der Waals surface area contributed by atoms with Gasteiger partial charge < -0.3 is 10.6 Å². The molecule has 0 aliphatic carbocycles. The lowest BCUT2D eigenvalue weighted by atomic mass is 10.1. The number of amides is 1. The third-order valence-electron chi connectivity index (χ3n) is 3.00. The smallest absolute Gasteiger partial charge is 0.221 e. The second-order valence-corrected chi connectivity index (χ2v) is 4.40. The summed E-state index contributed by atoms with van der Waals surface area (Å²) < 4.78 is 12.7. The molecule has 0 aromatic heterocycles. The Labute approximate surface area is 100 Å². The van der Waals surface area contributed by atoms with Crippen molar-refractivity contribution in [1.29, 1.82) is 0 Å². The molecule has 17 heavy (non-hydrogen) atoms. The molecule has 2 rings (SSSR count). The summed E-state index contributed by atoms with van der Waals surface area (Å²) >= 11 is 0. The molecule has 4 heteroatoms. The van der Waals surface area contributed by atoms with Gasteiger partial charge in [-0.15, -0.1) is 0 Å². The van der Waals surface area contributed by atoms with E-state index in [2.05, 4.69) is 10.6 Å². The van der Waals surface area contributed by atoms with Gasteiger partial charge in [0.1, 0.15) is 5.82 Å². The Morgan fingerprint density at radius 2 is 2.18 bits per heavy atom. The number of carbonyl (C=O) groups excluding carboxylic acids is 1. The van der Waals surface area contributed by atoms with Gasteiger partial charge in [0, 0.05) is 19.0 Å². The largest absolute Gasteiger partial charge is 0.352 e. The quantitative estimate of drug-likeness (QED) is 0.833. The monoisotopic (exact) mass is 236 g/mol. The maximum Gasteiger partial charge on any atom is 0.221 e. The van der Waals surface area contributed by atoms with Crippen molar-refractivity contribution in [3.05, 3.63) is 35.6 Å². The number of benzene rings is 1. The molecule has 1 fully saturated rings. The lowest BCUT2D eigenvalue weighted by Crippen LogP contribution is -2.31. The van der Waals surface area contributed by atoms with Crippen molar-refractivity contribution in [3.8, 4) is 0 Å². The van der Waals surface area contributed by atoms with Crippen LogP contribution in [0.25, 0.3) is 0 Å². The summed E-state index contributed by atoms with van der Waals surface area (Å²) in [6.45, 7) is 1.47. The van der Waals surface area contributed by atoms with Crippen LogP contribution in [-0.4, -0.2) is 18.5 Å². The van der Waals surface area contributed by atoms with Crippen LogP contribution in [-0.2, 0) is 11.3 Å². The zero-order chi connectivity index (χ0) is 12.1. The maximum atomic E-state index is 12.7. The molecular weight excluding hydrogens is 219 g/mol. The second-order valence-electron chi connectivity index (χ2n) is 4.40. The first kappa shape index (κ1) is 12.0. The Morgan fingerprint density at radius 1 is 1.41 bits per heavy atom. The molecule has 3 nitrogen and oxygen atoms in total. The third-order valence-corrected chi connectivity index (χ3v) is 3.00. The van der Waals surface area contributed by atoms with Crippen molar-refractivity contribution in [3.63, 3.8) is 0 Å². The van der Waals surface area contributed by atoms with Gasteiger partial charge in [-0.05, 0) is 37.1 Å². The number of carbonyl (C=O) groups is 1. The Balaban J connectivity index is 1.73. The molecule has 1 unspecified atom stereocenters. The van der Waals surface area contributed by atoms with E-state index in [0.29, 0.717) is 19.0 Å². The van der Waals surface area contributed by atoms with Crippen LogP contribution in [0.3, 0.4) is 0 Å². The fraction of sp³-hybridized carbons (Fsp3) is 0.462. The van der Waals surface area contributed by atoms with Crippen molar-refractivity contribution in [2.75, 3.05) is 6.54 Å². The van der Waals surface area contributed by atoms with Gasteiger partial charge >= 0.3 is 0 Å². The van der Waals surface area contributed by atoms with E-state index in [1.54, 1.807) is 12.1 Å². The lowest BCUT2D eigenvalue weighted by molar-refractivity contribution is -0.121. The molecule has 1 aromatic carbocycles. The molecule has 0 bridgehead atoms. The van der Waals surface area contributed by atoms with E-state index in [0.717, 1.165) is 24.9 Å². The number of hydrogen-bond acceptors (Lipinski definition) is 2. The van der Waals surface area contributed by atoms with Crippen molar-refractivity contribution in [1.82, 2.24) is 10.6 Å². The topological polar surface area (TPSA) is 41.1 Å². The fourth-order valence-corrected chi connectivity index (χ4v) is 2.03. The normalized spacial score (nSPS) is 19.2. The van der Waals surface area contributed by atoms with Gasteiger partial charge in [-0.25, -0.2) is 4.39 Å². The third kappa shape index (κ3) is 3.82. The Kier molecular flexibility index (Phi) is 4.09. The van der Waals surface area contributed by atoms with Gasteiger partial charge in [0.2, 0.25) is 5.91 Å². The van der Waals surface area contributed by atoms with Gasteiger partial charge in [-0.2, -0.15) is 0 Å². The first-order valence-electron chi connectivity index (χ1n) is 5.98. The summed E-state index contributed by atoms with van der Waals surface area (Å²) in [5.41, 5.74) is 0.916. The Hall–Kier alpha value is -1.42. The van der Waals surface area contributed by atoms with Crippen LogP contribution in [0.5, 0.6) is 0 Å². The van der Waals surface area contributed by atoms with Gasteiger partial charge in [-0.3, -0.25) is 4.79 Å². The molecule has 0 saturated carbocycles. The molecule has 0 radical (unpaired) electrons. The van der Waals surface area contributed by atoms with Gasteiger partial charge in [-0.1, -0.05) is 12.1 Å². The first-order chi connectivity index (χ1) is 8.24. The standard InChI is InChI=1S/C13H17FN2O/c14-11-5-3-10(4-6-11)9-16-13(17)8-12-2-1-7-15-12/h3-6,12,15H,1-2,7-9H2,(H,16,17). The second kappa shape index (κ2) is 5.77. The molecule has 1 aliphatic rings. The average molecular weight is 236 g/mol. The van der Waals surface area contributed by atoms with E-state index in [-0.39, 0.29) is 11.7 Å². The zero-order valence-corrected chi connectivity index (χ0v) is 9.71. The molecular formula is C13H17FN2O.